The van der Waals surface area contributed by atoms with E-state index in [4.69, 9.17) is 16.3 Å². The molecule has 0 aliphatic carbocycles. The molecule has 15 heavy (non-hydrogen) atoms. The molecule has 0 radical (unpaired) electrons. The zero-order chi connectivity index (χ0) is 11.1. The Kier molecular flexibility index (Phi) is 6.62. The minimum absolute atomic E-state index is 0.457. The fourth-order valence-corrected chi connectivity index (χ4v) is 2.04. The van der Waals surface area contributed by atoms with E-state index in [0.29, 0.717) is 18.6 Å². The van der Waals surface area contributed by atoms with Crippen LogP contribution in [0.3, 0.4) is 0 Å². The highest BCUT2D eigenvalue weighted by atomic mass is 35.5. The third kappa shape index (κ3) is 5.74. The lowest BCUT2D eigenvalue weighted by atomic mass is 10.1. The summed E-state index contributed by atoms with van der Waals surface area (Å²) in [4.78, 5) is 2.56. The highest BCUT2D eigenvalue weighted by Crippen LogP contribution is 2.14. The fourth-order valence-electron chi connectivity index (χ4n) is 1.95. The Labute approximate surface area is 98.9 Å². The van der Waals surface area contributed by atoms with Crippen molar-refractivity contribution >= 4 is 11.6 Å². The van der Waals surface area contributed by atoms with Gasteiger partial charge in [0, 0.05) is 19.0 Å². The zero-order valence-corrected chi connectivity index (χ0v) is 10.8. The number of alkyl halides is 1. The third-order valence-electron chi connectivity index (χ3n) is 2.99. The van der Waals surface area contributed by atoms with Crippen molar-refractivity contribution in [3.63, 3.8) is 0 Å². The minimum atomic E-state index is 0.457. The van der Waals surface area contributed by atoms with Gasteiger partial charge < -0.3 is 9.64 Å². The third-order valence-corrected chi connectivity index (χ3v) is 3.14. The van der Waals surface area contributed by atoms with E-state index in [0.717, 1.165) is 5.92 Å². The van der Waals surface area contributed by atoms with Gasteiger partial charge >= 0.3 is 0 Å². The van der Waals surface area contributed by atoms with Gasteiger partial charge in [0.05, 0.1) is 12.7 Å². The Morgan fingerprint density at radius 3 is 2.53 bits per heavy atom. The average molecular weight is 234 g/mol. The minimum Gasteiger partial charge on any atom is -0.377 e. The molecular weight excluding hydrogens is 210 g/mol. The Hall–Kier alpha value is 0.210. The average Bonchev–Trinajstić information content (AvgIpc) is 2.25. The molecule has 2 nitrogen and oxygen atoms in total. The first-order chi connectivity index (χ1) is 7.22. The zero-order valence-electron chi connectivity index (χ0n) is 10.0. The van der Waals surface area contributed by atoms with Crippen molar-refractivity contribution < 1.29 is 4.74 Å². The molecule has 0 saturated carbocycles. The Bertz CT molecular complexity index is 156. The molecule has 0 N–H and O–H groups in total. The van der Waals surface area contributed by atoms with Gasteiger partial charge in [0.25, 0.3) is 0 Å². The molecular formula is C12H24ClNO. The molecule has 1 rings (SSSR count). The Balaban J connectivity index is 2.07. The van der Waals surface area contributed by atoms with Gasteiger partial charge in [-0.05, 0) is 31.7 Å². The van der Waals surface area contributed by atoms with E-state index in [1.807, 2.05) is 0 Å². The first kappa shape index (κ1) is 13.3. The van der Waals surface area contributed by atoms with Crippen LogP contribution in [0.25, 0.3) is 0 Å². The van der Waals surface area contributed by atoms with Crippen LogP contribution in [0.1, 0.15) is 33.1 Å². The number of hydrogen-bond donors (Lipinski definition) is 0. The molecule has 0 bridgehead atoms. The van der Waals surface area contributed by atoms with E-state index in [-0.39, 0.29) is 0 Å². The van der Waals surface area contributed by atoms with E-state index in [2.05, 4.69) is 18.7 Å². The van der Waals surface area contributed by atoms with Gasteiger partial charge in [-0.1, -0.05) is 13.8 Å². The number of hydrogen-bond acceptors (Lipinski definition) is 2. The topological polar surface area (TPSA) is 12.5 Å². The van der Waals surface area contributed by atoms with Gasteiger partial charge in [-0.25, -0.2) is 0 Å². The molecule has 0 aromatic heterocycles. The molecule has 3 heteroatoms. The second-order valence-electron chi connectivity index (χ2n) is 4.78. The van der Waals surface area contributed by atoms with Crippen LogP contribution in [0.2, 0.25) is 0 Å². The van der Waals surface area contributed by atoms with Crippen molar-refractivity contribution in [1.82, 2.24) is 4.90 Å². The van der Waals surface area contributed by atoms with Crippen molar-refractivity contribution in [2.24, 2.45) is 5.92 Å². The number of nitrogens with zero attached hydrogens (tertiary/aromatic N) is 1. The summed E-state index contributed by atoms with van der Waals surface area (Å²) in [6, 6.07) is 0. The van der Waals surface area contributed by atoms with Crippen LogP contribution < -0.4 is 0 Å². The van der Waals surface area contributed by atoms with E-state index in [9.17, 15) is 0 Å². The van der Waals surface area contributed by atoms with Crippen molar-refractivity contribution in [2.45, 2.75) is 39.2 Å². The first-order valence-corrected chi connectivity index (χ1v) is 6.65. The molecule has 0 spiro atoms. The molecule has 0 amide bonds. The number of piperidine rings is 1. The van der Waals surface area contributed by atoms with Gasteiger partial charge in [0.2, 0.25) is 0 Å². The van der Waals surface area contributed by atoms with Crippen LogP contribution in [0.15, 0.2) is 0 Å². The van der Waals surface area contributed by atoms with E-state index >= 15 is 0 Å². The fraction of sp³-hybridized carbons (Fsp3) is 1.00. The van der Waals surface area contributed by atoms with Crippen molar-refractivity contribution in [1.29, 1.82) is 0 Å². The summed E-state index contributed by atoms with van der Waals surface area (Å²) >= 11 is 5.60. The van der Waals surface area contributed by atoms with Gasteiger partial charge in [0.15, 0.2) is 0 Å². The van der Waals surface area contributed by atoms with E-state index in [1.165, 1.54) is 38.9 Å². The maximum atomic E-state index is 5.65. The molecule has 1 aliphatic heterocycles. The molecule has 1 saturated heterocycles. The SMILES string of the molecule is CC(C)CCN1CCC(OCCCl)CC1. The molecule has 1 aliphatic rings. The van der Waals surface area contributed by atoms with Gasteiger partial charge in [0.1, 0.15) is 0 Å². The predicted octanol–water partition coefficient (Wildman–Crippen LogP) is 2.75. The molecule has 1 fully saturated rings. The number of likely N-dealkylation sites (tertiary alicyclic amines) is 1. The summed E-state index contributed by atoms with van der Waals surface area (Å²) in [5.74, 6) is 1.43. The normalized spacial score (nSPS) is 20.0. The predicted molar refractivity (Wildman–Crippen MR) is 65.6 cm³/mol. The van der Waals surface area contributed by atoms with E-state index < -0.39 is 0 Å². The highest BCUT2D eigenvalue weighted by molar-refractivity contribution is 6.17. The maximum Gasteiger partial charge on any atom is 0.0605 e. The molecule has 1 heterocycles. The highest BCUT2D eigenvalue weighted by Gasteiger charge is 2.18. The number of rotatable bonds is 6. The van der Waals surface area contributed by atoms with Gasteiger partial charge in [-0.15, -0.1) is 11.6 Å². The van der Waals surface area contributed by atoms with Crippen LogP contribution >= 0.6 is 11.6 Å². The summed E-state index contributed by atoms with van der Waals surface area (Å²) in [5, 5.41) is 0. The van der Waals surface area contributed by atoms with Crippen LogP contribution in [-0.2, 0) is 4.74 Å². The summed E-state index contributed by atoms with van der Waals surface area (Å²) in [6.45, 7) is 8.92. The second-order valence-corrected chi connectivity index (χ2v) is 5.16. The largest absolute Gasteiger partial charge is 0.377 e. The standard InChI is InChI=1S/C12H24ClNO/c1-11(2)3-7-14-8-4-12(5-9-14)15-10-6-13/h11-12H,3-10H2,1-2H3. The summed E-state index contributed by atoms with van der Waals surface area (Å²) in [5.41, 5.74) is 0. The molecule has 90 valence electrons. The Morgan fingerprint density at radius 1 is 1.33 bits per heavy atom. The molecule has 0 atom stereocenters. The molecule has 0 aromatic rings. The van der Waals surface area contributed by atoms with Gasteiger partial charge in [-0.3, -0.25) is 0 Å². The second kappa shape index (κ2) is 7.48. The Morgan fingerprint density at radius 2 is 2.00 bits per heavy atom. The van der Waals surface area contributed by atoms with Crippen molar-refractivity contribution in [3.8, 4) is 0 Å². The van der Waals surface area contributed by atoms with Crippen molar-refractivity contribution in [2.75, 3.05) is 32.1 Å². The molecule has 0 aromatic carbocycles. The van der Waals surface area contributed by atoms with E-state index in [1.54, 1.807) is 0 Å². The quantitative estimate of drug-likeness (QED) is 0.655. The van der Waals surface area contributed by atoms with Gasteiger partial charge in [-0.2, -0.15) is 0 Å². The lowest BCUT2D eigenvalue weighted by Gasteiger charge is -2.32. The number of halogens is 1. The lowest BCUT2D eigenvalue weighted by molar-refractivity contribution is 0.0144. The lowest BCUT2D eigenvalue weighted by Crippen LogP contribution is -2.38. The summed E-state index contributed by atoms with van der Waals surface area (Å²) in [6.07, 6.45) is 4.12. The summed E-state index contributed by atoms with van der Waals surface area (Å²) in [7, 11) is 0. The van der Waals surface area contributed by atoms with Crippen LogP contribution in [0.5, 0.6) is 0 Å². The monoisotopic (exact) mass is 233 g/mol. The maximum absolute atomic E-state index is 5.65. The molecule has 0 unspecified atom stereocenters. The first-order valence-electron chi connectivity index (χ1n) is 6.12. The summed E-state index contributed by atoms with van der Waals surface area (Å²) < 4.78 is 5.65. The number of ether oxygens (including phenoxy) is 1. The smallest absolute Gasteiger partial charge is 0.0605 e. The van der Waals surface area contributed by atoms with Crippen LogP contribution in [0.4, 0.5) is 0 Å². The van der Waals surface area contributed by atoms with Crippen LogP contribution in [0, 0.1) is 5.92 Å². The van der Waals surface area contributed by atoms with Crippen molar-refractivity contribution in [3.05, 3.63) is 0 Å². The van der Waals surface area contributed by atoms with Crippen LogP contribution in [-0.4, -0.2) is 43.1 Å².